The first-order valence-corrected chi connectivity index (χ1v) is 10.6. The van der Waals surface area contributed by atoms with Crippen molar-refractivity contribution in [1.82, 2.24) is 20.1 Å². The smallest absolute Gasteiger partial charge is 0.282 e. The zero-order chi connectivity index (χ0) is 19.1. The summed E-state index contributed by atoms with van der Waals surface area (Å²) in [4.78, 5) is 20.9. The van der Waals surface area contributed by atoms with Gasteiger partial charge in [0.25, 0.3) is 5.91 Å². The highest BCUT2D eigenvalue weighted by Crippen LogP contribution is 2.40. The fraction of sp³-hybridized carbons (Fsp3) is 0.381. The molecule has 0 saturated carbocycles. The van der Waals surface area contributed by atoms with Gasteiger partial charge in [-0.2, -0.15) is 5.10 Å². The van der Waals surface area contributed by atoms with Gasteiger partial charge in [-0.15, -0.1) is 11.3 Å². The molecule has 0 spiro atoms. The number of carbonyl (C=O) groups is 1. The molecule has 2 aromatic heterocycles. The van der Waals surface area contributed by atoms with Crippen molar-refractivity contribution in [3.8, 4) is 28.1 Å². The van der Waals surface area contributed by atoms with E-state index in [9.17, 15) is 4.79 Å². The SMILES string of the molecule is CC1CCCN(C(=O)c2nc3c(s2)CCOc2cc(-c4cn[nH]c4)ccc2-3)C1. The molecule has 0 radical (unpaired) electrons. The predicted octanol–water partition coefficient (Wildman–Crippen LogP) is 4.01. The Balaban J connectivity index is 1.49. The molecule has 1 unspecified atom stereocenters. The summed E-state index contributed by atoms with van der Waals surface area (Å²) in [5, 5.41) is 7.46. The Hall–Kier alpha value is -2.67. The standard InChI is InChI=1S/C21H22N4O2S/c1-13-3-2-7-25(12-13)21(26)20-24-19-16-5-4-14(15-10-22-23-11-15)9-17(16)27-8-6-18(19)28-20/h4-5,9-11,13H,2-3,6-8,12H2,1H3,(H,22,23). The lowest BCUT2D eigenvalue weighted by Gasteiger charge is -2.30. The van der Waals surface area contributed by atoms with Crippen molar-refractivity contribution in [3.05, 3.63) is 40.5 Å². The Labute approximate surface area is 167 Å². The van der Waals surface area contributed by atoms with Gasteiger partial charge in [-0.3, -0.25) is 9.89 Å². The molecule has 1 amide bonds. The third-order valence-corrected chi connectivity index (χ3v) is 6.58. The third kappa shape index (κ3) is 3.09. The van der Waals surface area contributed by atoms with Crippen LogP contribution in [0.5, 0.6) is 5.75 Å². The Morgan fingerprint density at radius 1 is 1.36 bits per heavy atom. The number of nitrogens with zero attached hydrogens (tertiary/aromatic N) is 3. The molecule has 28 heavy (non-hydrogen) atoms. The number of thiazole rings is 1. The highest BCUT2D eigenvalue weighted by Gasteiger charge is 2.28. The summed E-state index contributed by atoms with van der Waals surface area (Å²) in [5.41, 5.74) is 3.92. The number of hydrogen-bond acceptors (Lipinski definition) is 5. The van der Waals surface area contributed by atoms with Gasteiger partial charge in [-0.25, -0.2) is 4.98 Å². The molecule has 1 N–H and O–H groups in total. The number of ether oxygens (including phenoxy) is 1. The first-order valence-electron chi connectivity index (χ1n) is 9.74. The molecule has 1 fully saturated rings. The fourth-order valence-electron chi connectivity index (χ4n) is 4.01. The molecule has 7 heteroatoms. The lowest BCUT2D eigenvalue weighted by Crippen LogP contribution is -2.39. The quantitative estimate of drug-likeness (QED) is 0.713. The molecule has 2 aliphatic rings. The molecule has 5 rings (SSSR count). The van der Waals surface area contributed by atoms with Crippen LogP contribution >= 0.6 is 11.3 Å². The van der Waals surface area contributed by atoms with E-state index in [0.717, 1.165) is 58.9 Å². The number of carbonyl (C=O) groups excluding carboxylic acids is 1. The number of aromatic amines is 1. The summed E-state index contributed by atoms with van der Waals surface area (Å²) >= 11 is 1.52. The topological polar surface area (TPSA) is 71.1 Å². The number of piperidine rings is 1. The maximum absolute atomic E-state index is 13.0. The second-order valence-corrected chi connectivity index (χ2v) is 8.67. The minimum Gasteiger partial charge on any atom is -0.492 e. The van der Waals surface area contributed by atoms with Gasteiger partial charge in [0.05, 0.1) is 18.5 Å². The van der Waals surface area contributed by atoms with Crippen LogP contribution in [0.15, 0.2) is 30.6 Å². The van der Waals surface area contributed by atoms with E-state index < -0.39 is 0 Å². The maximum atomic E-state index is 13.0. The van der Waals surface area contributed by atoms with Crippen molar-refractivity contribution in [2.75, 3.05) is 19.7 Å². The zero-order valence-corrected chi connectivity index (χ0v) is 16.6. The maximum Gasteiger partial charge on any atom is 0.282 e. The second kappa shape index (κ2) is 7.05. The molecule has 1 atom stereocenters. The number of aromatic nitrogens is 3. The van der Waals surface area contributed by atoms with Crippen LogP contribution < -0.4 is 4.74 Å². The van der Waals surface area contributed by atoms with Crippen molar-refractivity contribution in [2.24, 2.45) is 5.92 Å². The van der Waals surface area contributed by atoms with Crippen molar-refractivity contribution >= 4 is 17.2 Å². The van der Waals surface area contributed by atoms with E-state index in [4.69, 9.17) is 9.72 Å². The summed E-state index contributed by atoms with van der Waals surface area (Å²) in [5.74, 6) is 1.45. The summed E-state index contributed by atoms with van der Waals surface area (Å²) in [6, 6.07) is 6.12. The Morgan fingerprint density at radius 3 is 3.11 bits per heavy atom. The van der Waals surface area contributed by atoms with E-state index in [1.54, 1.807) is 6.20 Å². The molecule has 1 aromatic carbocycles. The number of hydrogen-bond donors (Lipinski definition) is 1. The van der Waals surface area contributed by atoms with Gasteiger partial charge in [0.2, 0.25) is 0 Å². The minimum absolute atomic E-state index is 0.0714. The number of nitrogens with one attached hydrogen (secondary N) is 1. The van der Waals surface area contributed by atoms with E-state index in [-0.39, 0.29) is 5.91 Å². The summed E-state index contributed by atoms with van der Waals surface area (Å²) in [7, 11) is 0. The minimum atomic E-state index is 0.0714. The number of likely N-dealkylation sites (tertiary alicyclic amines) is 1. The number of fused-ring (bicyclic) bond motifs is 3. The lowest BCUT2D eigenvalue weighted by molar-refractivity contribution is 0.0682. The van der Waals surface area contributed by atoms with Gasteiger partial charge in [0.15, 0.2) is 5.01 Å². The first kappa shape index (κ1) is 17.4. The molecule has 144 valence electrons. The lowest BCUT2D eigenvalue weighted by atomic mass is 10.0. The van der Waals surface area contributed by atoms with Crippen LogP contribution in [0.1, 0.15) is 34.4 Å². The summed E-state index contributed by atoms with van der Waals surface area (Å²) < 4.78 is 6.00. The summed E-state index contributed by atoms with van der Waals surface area (Å²) in [6.07, 6.45) is 6.70. The number of rotatable bonds is 2. The monoisotopic (exact) mass is 394 g/mol. The van der Waals surface area contributed by atoms with Crippen LogP contribution in [0.3, 0.4) is 0 Å². The van der Waals surface area contributed by atoms with Crippen LogP contribution in [-0.4, -0.2) is 45.7 Å². The van der Waals surface area contributed by atoms with Crippen molar-refractivity contribution in [3.63, 3.8) is 0 Å². The van der Waals surface area contributed by atoms with E-state index in [1.165, 1.54) is 17.8 Å². The van der Waals surface area contributed by atoms with E-state index >= 15 is 0 Å². The highest BCUT2D eigenvalue weighted by molar-refractivity contribution is 7.14. The van der Waals surface area contributed by atoms with E-state index in [1.807, 2.05) is 23.2 Å². The molecule has 3 aromatic rings. The Kier molecular flexibility index (Phi) is 4.39. The third-order valence-electron chi connectivity index (χ3n) is 5.48. The van der Waals surface area contributed by atoms with Crippen LogP contribution in [0.2, 0.25) is 0 Å². The van der Waals surface area contributed by atoms with Gasteiger partial charge >= 0.3 is 0 Å². The largest absolute Gasteiger partial charge is 0.492 e. The number of amides is 1. The molecular weight excluding hydrogens is 372 g/mol. The Morgan fingerprint density at radius 2 is 2.29 bits per heavy atom. The van der Waals surface area contributed by atoms with Crippen LogP contribution in [-0.2, 0) is 6.42 Å². The van der Waals surface area contributed by atoms with Crippen molar-refractivity contribution in [1.29, 1.82) is 0 Å². The van der Waals surface area contributed by atoms with Gasteiger partial charge in [-0.1, -0.05) is 13.0 Å². The molecule has 2 aliphatic heterocycles. The molecular formula is C21H22N4O2S. The van der Waals surface area contributed by atoms with Crippen LogP contribution in [0.4, 0.5) is 0 Å². The first-order chi connectivity index (χ1) is 13.7. The predicted molar refractivity (Wildman–Crippen MR) is 109 cm³/mol. The molecule has 6 nitrogen and oxygen atoms in total. The van der Waals surface area contributed by atoms with Crippen LogP contribution in [0, 0.1) is 5.92 Å². The summed E-state index contributed by atoms with van der Waals surface area (Å²) in [6.45, 7) is 4.46. The number of benzene rings is 1. The number of H-pyrrole nitrogens is 1. The van der Waals surface area contributed by atoms with E-state index in [2.05, 4.69) is 23.2 Å². The van der Waals surface area contributed by atoms with Crippen molar-refractivity contribution in [2.45, 2.75) is 26.2 Å². The van der Waals surface area contributed by atoms with Gasteiger partial charge in [-0.05, 0) is 36.5 Å². The Bertz CT molecular complexity index is 1010. The highest BCUT2D eigenvalue weighted by atomic mass is 32.1. The second-order valence-electron chi connectivity index (χ2n) is 7.59. The normalized spacial score (nSPS) is 18.8. The average molecular weight is 395 g/mol. The van der Waals surface area contributed by atoms with E-state index in [0.29, 0.717) is 17.5 Å². The molecule has 0 bridgehead atoms. The van der Waals surface area contributed by atoms with Crippen LogP contribution in [0.25, 0.3) is 22.4 Å². The molecule has 0 aliphatic carbocycles. The molecule has 4 heterocycles. The van der Waals surface area contributed by atoms with Gasteiger partial charge in [0.1, 0.15) is 5.75 Å². The van der Waals surface area contributed by atoms with Gasteiger partial charge in [0, 0.05) is 41.7 Å². The zero-order valence-electron chi connectivity index (χ0n) is 15.8. The average Bonchev–Trinajstić information content (AvgIpc) is 3.35. The fourth-order valence-corrected chi connectivity index (χ4v) is 5.04. The van der Waals surface area contributed by atoms with Crippen molar-refractivity contribution < 1.29 is 9.53 Å². The van der Waals surface area contributed by atoms with Gasteiger partial charge < -0.3 is 9.64 Å². The molecule has 1 saturated heterocycles.